The standard InChI is InChI=1S/C21H21F2N3O2/c1-2-3-13-26(21(27)17-7-5-4-6-8-17)14-15-9-11-16(12-10-15)19-24-25-20(28-19)18(22)23/h4-12,18H,2-3,13-14H2,1H3. The van der Waals surface area contributed by atoms with Crippen LogP contribution in [0.25, 0.3) is 11.5 Å². The van der Waals surface area contributed by atoms with E-state index in [1.54, 1.807) is 24.3 Å². The summed E-state index contributed by atoms with van der Waals surface area (Å²) in [6, 6.07) is 16.3. The first-order valence-corrected chi connectivity index (χ1v) is 9.13. The van der Waals surface area contributed by atoms with Gasteiger partial charge in [-0.1, -0.05) is 43.7 Å². The fourth-order valence-electron chi connectivity index (χ4n) is 2.78. The molecular weight excluding hydrogens is 364 g/mol. The minimum Gasteiger partial charge on any atom is -0.415 e. The van der Waals surface area contributed by atoms with Gasteiger partial charge in [0.2, 0.25) is 5.89 Å². The Kier molecular flexibility index (Phi) is 6.47. The lowest BCUT2D eigenvalue weighted by Gasteiger charge is -2.23. The minimum absolute atomic E-state index is 0.0170. The normalized spacial score (nSPS) is 11.0. The Hall–Kier alpha value is -3.09. The molecule has 3 aromatic rings. The highest BCUT2D eigenvalue weighted by Gasteiger charge is 2.18. The topological polar surface area (TPSA) is 59.2 Å². The van der Waals surface area contributed by atoms with Gasteiger partial charge < -0.3 is 9.32 Å². The molecule has 0 radical (unpaired) electrons. The molecule has 1 amide bonds. The number of carbonyl (C=O) groups is 1. The highest BCUT2D eigenvalue weighted by atomic mass is 19.3. The fraction of sp³-hybridized carbons (Fsp3) is 0.286. The van der Waals surface area contributed by atoms with Gasteiger partial charge in [0, 0.05) is 24.2 Å². The Morgan fingerprint density at radius 1 is 1.07 bits per heavy atom. The van der Waals surface area contributed by atoms with Gasteiger partial charge >= 0.3 is 6.43 Å². The van der Waals surface area contributed by atoms with E-state index in [0.29, 0.717) is 24.2 Å². The van der Waals surface area contributed by atoms with Gasteiger partial charge in [-0.3, -0.25) is 4.79 Å². The van der Waals surface area contributed by atoms with Gasteiger partial charge in [-0.05, 0) is 36.2 Å². The second-order valence-electron chi connectivity index (χ2n) is 6.39. The lowest BCUT2D eigenvalue weighted by atomic mass is 10.1. The van der Waals surface area contributed by atoms with Crippen LogP contribution >= 0.6 is 0 Å². The fourth-order valence-corrected chi connectivity index (χ4v) is 2.78. The number of halogens is 2. The van der Waals surface area contributed by atoms with Crippen LogP contribution < -0.4 is 0 Å². The molecular formula is C21H21F2N3O2. The summed E-state index contributed by atoms with van der Waals surface area (Å²) >= 11 is 0. The number of benzene rings is 2. The van der Waals surface area contributed by atoms with Gasteiger partial charge in [-0.2, -0.15) is 8.78 Å². The van der Waals surface area contributed by atoms with E-state index in [9.17, 15) is 13.6 Å². The van der Waals surface area contributed by atoms with Gasteiger partial charge in [0.25, 0.3) is 11.8 Å². The predicted octanol–water partition coefficient (Wildman–Crippen LogP) is 5.12. The number of hydrogen-bond donors (Lipinski definition) is 0. The molecule has 146 valence electrons. The van der Waals surface area contributed by atoms with Gasteiger partial charge in [-0.25, -0.2) is 0 Å². The maximum atomic E-state index is 12.8. The van der Waals surface area contributed by atoms with Crippen LogP contribution in [0.15, 0.2) is 59.0 Å². The minimum atomic E-state index is -2.79. The molecule has 0 N–H and O–H groups in total. The average Bonchev–Trinajstić information content (AvgIpc) is 3.22. The second-order valence-corrected chi connectivity index (χ2v) is 6.39. The van der Waals surface area contributed by atoms with Gasteiger partial charge in [0.05, 0.1) is 0 Å². The van der Waals surface area contributed by atoms with Crippen molar-refractivity contribution in [1.82, 2.24) is 15.1 Å². The van der Waals surface area contributed by atoms with Crippen LogP contribution in [-0.2, 0) is 6.54 Å². The van der Waals surface area contributed by atoms with Crippen LogP contribution in [0.2, 0.25) is 0 Å². The zero-order valence-electron chi connectivity index (χ0n) is 15.5. The third-order valence-corrected chi connectivity index (χ3v) is 4.29. The molecule has 0 atom stereocenters. The van der Waals surface area contributed by atoms with E-state index in [-0.39, 0.29) is 11.8 Å². The third-order valence-electron chi connectivity index (χ3n) is 4.29. The molecule has 0 unspecified atom stereocenters. The van der Waals surface area contributed by atoms with Crippen LogP contribution in [0.3, 0.4) is 0 Å². The highest BCUT2D eigenvalue weighted by molar-refractivity contribution is 5.94. The first kappa shape index (κ1) is 19.7. The first-order chi connectivity index (χ1) is 13.6. The number of rotatable bonds is 8. The van der Waals surface area contributed by atoms with Crippen molar-refractivity contribution in [2.45, 2.75) is 32.7 Å². The van der Waals surface area contributed by atoms with E-state index >= 15 is 0 Å². The lowest BCUT2D eigenvalue weighted by molar-refractivity contribution is 0.0741. The van der Waals surface area contributed by atoms with Gasteiger partial charge in [0.15, 0.2) is 0 Å². The van der Waals surface area contributed by atoms with Crippen molar-refractivity contribution in [3.05, 3.63) is 71.6 Å². The van der Waals surface area contributed by atoms with Crippen LogP contribution in [0, 0.1) is 0 Å². The van der Waals surface area contributed by atoms with Crippen molar-refractivity contribution in [3.63, 3.8) is 0 Å². The Labute approximate surface area is 162 Å². The van der Waals surface area contributed by atoms with Crippen LogP contribution in [-0.4, -0.2) is 27.5 Å². The molecule has 0 saturated heterocycles. The van der Waals surface area contributed by atoms with Crippen molar-refractivity contribution in [2.75, 3.05) is 6.54 Å². The molecule has 0 aliphatic rings. The highest BCUT2D eigenvalue weighted by Crippen LogP contribution is 2.24. The average molecular weight is 385 g/mol. The quantitative estimate of drug-likeness (QED) is 0.540. The summed E-state index contributed by atoms with van der Waals surface area (Å²) in [5.41, 5.74) is 2.14. The molecule has 28 heavy (non-hydrogen) atoms. The monoisotopic (exact) mass is 385 g/mol. The number of carbonyl (C=O) groups excluding carboxylic acids is 1. The molecule has 0 spiro atoms. The van der Waals surface area contributed by atoms with Crippen LogP contribution in [0.4, 0.5) is 8.78 Å². The molecule has 3 rings (SSSR count). The zero-order valence-corrected chi connectivity index (χ0v) is 15.5. The molecule has 1 aromatic heterocycles. The number of unbranched alkanes of at least 4 members (excludes halogenated alkanes) is 1. The number of hydrogen-bond acceptors (Lipinski definition) is 4. The van der Waals surface area contributed by atoms with E-state index in [1.807, 2.05) is 35.2 Å². The predicted molar refractivity (Wildman–Crippen MR) is 101 cm³/mol. The summed E-state index contributed by atoms with van der Waals surface area (Å²) in [5, 5.41) is 6.98. The number of amides is 1. The van der Waals surface area contributed by atoms with E-state index in [0.717, 1.165) is 18.4 Å². The molecule has 1 heterocycles. The molecule has 2 aromatic carbocycles. The molecule has 0 fully saturated rings. The van der Waals surface area contributed by atoms with Gasteiger partial charge in [0.1, 0.15) is 0 Å². The summed E-state index contributed by atoms with van der Waals surface area (Å²) < 4.78 is 30.1. The van der Waals surface area contributed by atoms with Crippen molar-refractivity contribution in [3.8, 4) is 11.5 Å². The number of nitrogens with zero attached hydrogens (tertiary/aromatic N) is 3. The molecule has 0 bridgehead atoms. The van der Waals surface area contributed by atoms with Crippen molar-refractivity contribution < 1.29 is 18.0 Å². The summed E-state index contributed by atoms with van der Waals surface area (Å²) in [7, 11) is 0. The Morgan fingerprint density at radius 2 is 1.79 bits per heavy atom. The Balaban J connectivity index is 1.74. The van der Waals surface area contributed by atoms with Crippen molar-refractivity contribution in [2.24, 2.45) is 0 Å². The summed E-state index contributed by atoms with van der Waals surface area (Å²) in [5.74, 6) is -0.667. The molecule has 7 heteroatoms. The van der Waals surface area contributed by atoms with Gasteiger partial charge in [-0.15, -0.1) is 10.2 Å². The van der Waals surface area contributed by atoms with Crippen LogP contribution in [0.1, 0.15) is 48.0 Å². The van der Waals surface area contributed by atoms with E-state index in [2.05, 4.69) is 17.1 Å². The smallest absolute Gasteiger partial charge is 0.314 e. The Morgan fingerprint density at radius 3 is 2.39 bits per heavy atom. The Bertz CT molecular complexity index is 896. The SMILES string of the molecule is CCCCN(Cc1ccc(-c2nnc(C(F)F)o2)cc1)C(=O)c1ccccc1. The largest absolute Gasteiger partial charge is 0.415 e. The van der Waals surface area contributed by atoms with E-state index in [1.165, 1.54) is 0 Å². The molecule has 5 nitrogen and oxygen atoms in total. The maximum Gasteiger partial charge on any atom is 0.314 e. The van der Waals surface area contributed by atoms with Crippen molar-refractivity contribution >= 4 is 5.91 Å². The summed E-state index contributed by atoms with van der Waals surface area (Å²) in [4.78, 5) is 14.6. The van der Waals surface area contributed by atoms with Crippen LogP contribution in [0.5, 0.6) is 0 Å². The van der Waals surface area contributed by atoms with Crippen molar-refractivity contribution in [1.29, 1.82) is 0 Å². The molecule has 0 aliphatic heterocycles. The maximum absolute atomic E-state index is 12.8. The third kappa shape index (κ3) is 4.79. The lowest BCUT2D eigenvalue weighted by Crippen LogP contribution is -2.31. The van der Waals surface area contributed by atoms with E-state index in [4.69, 9.17) is 4.42 Å². The summed E-state index contributed by atoms with van der Waals surface area (Å²) in [6.45, 7) is 3.20. The number of alkyl halides is 2. The first-order valence-electron chi connectivity index (χ1n) is 9.13. The summed E-state index contributed by atoms with van der Waals surface area (Å²) in [6.07, 6.45) is -0.896. The molecule has 0 aliphatic carbocycles. The molecule has 0 saturated carbocycles. The zero-order chi connectivity index (χ0) is 19.9. The number of aromatic nitrogens is 2. The second kappa shape index (κ2) is 9.21. The van der Waals surface area contributed by atoms with E-state index < -0.39 is 12.3 Å².